The molecule has 0 aliphatic heterocycles. The Labute approximate surface area is 134 Å². The Morgan fingerprint density at radius 1 is 1.10 bits per heavy atom. The normalized spacial score (nSPS) is 29.3. The standard InChI is InChI=1S/C13H23NO.3C2H6/c1-10-6-11-4-3-5-13(7-10,8-11)9-12(15)14-2;3*1-2/h10-11H,3-9H2,1-2H3,(H,14,15);3*1-2H3. The first-order chi connectivity index (χ1) is 10.1. The van der Waals surface area contributed by atoms with Gasteiger partial charge in [-0.1, -0.05) is 61.3 Å². The van der Waals surface area contributed by atoms with Crippen molar-refractivity contribution in [2.75, 3.05) is 7.05 Å². The smallest absolute Gasteiger partial charge is 0.220 e. The predicted octanol–water partition coefficient (Wildman–Crippen LogP) is 5.81. The van der Waals surface area contributed by atoms with Crippen molar-refractivity contribution in [3.63, 3.8) is 0 Å². The zero-order valence-electron chi connectivity index (χ0n) is 16.0. The van der Waals surface area contributed by atoms with Crippen molar-refractivity contribution >= 4 is 5.91 Å². The molecule has 0 aromatic carbocycles. The number of amides is 1. The minimum Gasteiger partial charge on any atom is -0.359 e. The average Bonchev–Trinajstić information content (AvgIpc) is 2.52. The van der Waals surface area contributed by atoms with Crippen LogP contribution in [0.25, 0.3) is 0 Å². The Morgan fingerprint density at radius 3 is 2.19 bits per heavy atom. The summed E-state index contributed by atoms with van der Waals surface area (Å²) in [5.74, 6) is 1.98. The third-order valence-corrected chi connectivity index (χ3v) is 4.37. The van der Waals surface area contributed by atoms with Gasteiger partial charge in [0, 0.05) is 13.5 Å². The molecule has 2 nitrogen and oxygen atoms in total. The van der Waals surface area contributed by atoms with E-state index in [1.807, 2.05) is 41.5 Å². The van der Waals surface area contributed by atoms with Gasteiger partial charge in [-0.2, -0.15) is 0 Å². The Bertz CT molecular complexity index is 248. The zero-order valence-corrected chi connectivity index (χ0v) is 16.0. The molecule has 0 spiro atoms. The van der Waals surface area contributed by atoms with Crippen molar-refractivity contribution in [3.05, 3.63) is 0 Å². The van der Waals surface area contributed by atoms with Crippen LogP contribution in [0, 0.1) is 17.3 Å². The van der Waals surface area contributed by atoms with Gasteiger partial charge in [-0.25, -0.2) is 0 Å². The van der Waals surface area contributed by atoms with Crippen LogP contribution in [-0.4, -0.2) is 13.0 Å². The summed E-state index contributed by atoms with van der Waals surface area (Å²) < 4.78 is 0. The van der Waals surface area contributed by atoms with E-state index >= 15 is 0 Å². The molecule has 1 amide bonds. The Hall–Kier alpha value is -0.530. The second-order valence-electron chi connectivity index (χ2n) is 5.86. The molecule has 0 aromatic rings. The molecule has 0 saturated heterocycles. The molecule has 2 bridgehead atoms. The molecule has 2 aliphatic rings. The highest BCUT2D eigenvalue weighted by Crippen LogP contribution is 2.52. The SMILES string of the molecule is CC.CC.CC.CNC(=O)CC12CCCC(CC(C)C1)C2. The quantitative estimate of drug-likeness (QED) is 0.685. The fraction of sp³-hybridized carbons (Fsp3) is 0.947. The minimum atomic E-state index is 0.241. The fourth-order valence-corrected chi connectivity index (χ4v) is 4.02. The van der Waals surface area contributed by atoms with Crippen LogP contribution >= 0.6 is 0 Å². The second-order valence-corrected chi connectivity index (χ2v) is 5.86. The minimum absolute atomic E-state index is 0.241. The first-order valence-corrected chi connectivity index (χ1v) is 9.34. The maximum Gasteiger partial charge on any atom is 0.220 e. The van der Waals surface area contributed by atoms with Gasteiger partial charge in [0.05, 0.1) is 0 Å². The van der Waals surface area contributed by atoms with Crippen LogP contribution in [0.4, 0.5) is 0 Å². The number of hydrogen-bond donors (Lipinski definition) is 1. The summed E-state index contributed by atoms with van der Waals surface area (Å²) >= 11 is 0. The largest absolute Gasteiger partial charge is 0.359 e. The summed E-state index contributed by atoms with van der Waals surface area (Å²) in [6.07, 6.45) is 8.77. The molecule has 3 unspecified atom stereocenters. The maximum atomic E-state index is 11.6. The number of carbonyl (C=O) groups is 1. The van der Waals surface area contributed by atoms with Gasteiger partial charge in [-0.15, -0.1) is 0 Å². The highest BCUT2D eigenvalue weighted by Gasteiger charge is 2.42. The van der Waals surface area contributed by atoms with Crippen LogP contribution in [-0.2, 0) is 4.79 Å². The van der Waals surface area contributed by atoms with Crippen molar-refractivity contribution in [2.45, 2.75) is 93.4 Å². The number of nitrogens with one attached hydrogen (secondary N) is 1. The summed E-state index contributed by atoms with van der Waals surface area (Å²) in [7, 11) is 1.76. The maximum absolute atomic E-state index is 11.6. The number of rotatable bonds is 2. The lowest BCUT2D eigenvalue weighted by Gasteiger charge is -2.47. The van der Waals surface area contributed by atoms with E-state index in [4.69, 9.17) is 0 Å². The molecule has 2 fully saturated rings. The molecule has 2 rings (SSSR count). The highest BCUT2D eigenvalue weighted by molar-refractivity contribution is 5.76. The van der Waals surface area contributed by atoms with E-state index in [2.05, 4.69) is 12.2 Å². The Morgan fingerprint density at radius 2 is 1.67 bits per heavy atom. The van der Waals surface area contributed by atoms with E-state index in [1.165, 1.54) is 38.5 Å². The van der Waals surface area contributed by atoms with E-state index < -0.39 is 0 Å². The van der Waals surface area contributed by atoms with Crippen LogP contribution in [0.5, 0.6) is 0 Å². The molecule has 2 aliphatic carbocycles. The third-order valence-electron chi connectivity index (χ3n) is 4.37. The summed E-state index contributed by atoms with van der Waals surface area (Å²) in [4.78, 5) is 11.6. The lowest BCUT2D eigenvalue weighted by atomic mass is 9.58. The average molecular weight is 300 g/mol. The van der Waals surface area contributed by atoms with Gasteiger partial charge in [0.2, 0.25) is 5.91 Å². The van der Waals surface area contributed by atoms with Gasteiger partial charge in [-0.3, -0.25) is 4.79 Å². The summed E-state index contributed by atoms with van der Waals surface area (Å²) in [5.41, 5.74) is 0.362. The van der Waals surface area contributed by atoms with Crippen LogP contribution in [0.2, 0.25) is 0 Å². The van der Waals surface area contributed by atoms with Gasteiger partial charge in [0.1, 0.15) is 0 Å². The van der Waals surface area contributed by atoms with E-state index in [-0.39, 0.29) is 5.91 Å². The molecule has 1 N–H and O–H groups in total. The highest BCUT2D eigenvalue weighted by atomic mass is 16.1. The van der Waals surface area contributed by atoms with E-state index in [0.717, 1.165) is 18.3 Å². The van der Waals surface area contributed by atoms with Gasteiger partial charge in [0.25, 0.3) is 0 Å². The van der Waals surface area contributed by atoms with Crippen LogP contribution in [0.3, 0.4) is 0 Å². The summed E-state index contributed by atoms with van der Waals surface area (Å²) in [5, 5.41) is 2.79. The molecular weight excluding hydrogens is 258 g/mol. The topological polar surface area (TPSA) is 29.1 Å². The lowest BCUT2D eigenvalue weighted by Crippen LogP contribution is -2.39. The van der Waals surface area contributed by atoms with E-state index in [1.54, 1.807) is 7.05 Å². The number of hydrogen-bond acceptors (Lipinski definition) is 1. The van der Waals surface area contributed by atoms with Gasteiger partial charge in [0.15, 0.2) is 0 Å². The summed E-state index contributed by atoms with van der Waals surface area (Å²) in [6, 6.07) is 0. The molecule has 21 heavy (non-hydrogen) atoms. The lowest BCUT2D eigenvalue weighted by molar-refractivity contribution is -0.125. The first-order valence-electron chi connectivity index (χ1n) is 9.34. The molecule has 3 atom stereocenters. The van der Waals surface area contributed by atoms with Gasteiger partial charge in [-0.05, 0) is 42.9 Å². The van der Waals surface area contributed by atoms with Gasteiger partial charge >= 0.3 is 0 Å². The second kappa shape index (κ2) is 13.2. The zero-order chi connectivity index (χ0) is 16.9. The fourth-order valence-electron chi connectivity index (χ4n) is 4.02. The molecule has 128 valence electrons. The molecule has 0 heterocycles. The number of carbonyl (C=O) groups excluding carboxylic acids is 1. The van der Waals surface area contributed by atoms with Crippen molar-refractivity contribution in [2.24, 2.45) is 17.3 Å². The van der Waals surface area contributed by atoms with Crippen molar-refractivity contribution in [3.8, 4) is 0 Å². The van der Waals surface area contributed by atoms with Gasteiger partial charge < -0.3 is 5.32 Å². The van der Waals surface area contributed by atoms with E-state index in [9.17, 15) is 4.79 Å². The first kappa shape index (κ1) is 22.7. The van der Waals surface area contributed by atoms with Crippen molar-refractivity contribution in [1.29, 1.82) is 0 Å². The number of fused-ring (bicyclic) bond motifs is 2. The van der Waals surface area contributed by atoms with Crippen LogP contribution < -0.4 is 5.32 Å². The van der Waals surface area contributed by atoms with Crippen molar-refractivity contribution < 1.29 is 4.79 Å². The summed E-state index contributed by atoms with van der Waals surface area (Å²) in [6.45, 7) is 14.4. The molecule has 0 aromatic heterocycles. The van der Waals surface area contributed by atoms with Crippen LogP contribution in [0.15, 0.2) is 0 Å². The van der Waals surface area contributed by atoms with Crippen LogP contribution in [0.1, 0.15) is 93.4 Å². The Kier molecular flexibility index (Phi) is 14.2. The predicted molar refractivity (Wildman–Crippen MR) is 95.5 cm³/mol. The Balaban J connectivity index is 0. The third kappa shape index (κ3) is 7.87. The van der Waals surface area contributed by atoms with E-state index in [0.29, 0.717) is 5.41 Å². The monoisotopic (exact) mass is 299 g/mol. The molecule has 2 heteroatoms. The molecule has 2 saturated carbocycles. The molecular formula is C19H41NO. The molecule has 0 radical (unpaired) electrons. The van der Waals surface area contributed by atoms with Crippen molar-refractivity contribution in [1.82, 2.24) is 5.32 Å².